The van der Waals surface area contributed by atoms with Crippen LogP contribution in [0, 0.1) is 11.6 Å². The summed E-state index contributed by atoms with van der Waals surface area (Å²) in [6, 6.07) is 9.05. The molecule has 0 saturated heterocycles. The van der Waals surface area contributed by atoms with Crippen LogP contribution < -0.4 is 14.8 Å². The van der Waals surface area contributed by atoms with Crippen molar-refractivity contribution >= 4 is 16.7 Å². The van der Waals surface area contributed by atoms with Crippen LogP contribution in [-0.4, -0.2) is 28.6 Å². The van der Waals surface area contributed by atoms with Crippen molar-refractivity contribution in [1.82, 2.24) is 15.0 Å². The van der Waals surface area contributed by atoms with E-state index in [4.69, 9.17) is 9.47 Å². The summed E-state index contributed by atoms with van der Waals surface area (Å²) in [5, 5.41) is 2.95. The monoisotopic (exact) mass is 476 g/mol. The van der Waals surface area contributed by atoms with Gasteiger partial charge in [0.25, 0.3) is 0 Å². The molecule has 0 unspecified atom stereocenters. The molecule has 0 saturated carbocycles. The number of alkyl halides is 3. The van der Waals surface area contributed by atoms with Gasteiger partial charge < -0.3 is 14.8 Å². The molecule has 4 aromatic rings. The fraction of sp³-hybridized carbons (Fsp3) is 0.174. The third kappa shape index (κ3) is 4.98. The highest BCUT2D eigenvalue weighted by molar-refractivity contribution is 5.89. The number of benzene rings is 2. The summed E-state index contributed by atoms with van der Waals surface area (Å²) in [4.78, 5) is 11.5. The number of anilines is 1. The van der Waals surface area contributed by atoms with Gasteiger partial charge in [0.1, 0.15) is 29.3 Å². The Labute approximate surface area is 190 Å². The van der Waals surface area contributed by atoms with Crippen molar-refractivity contribution in [2.24, 2.45) is 0 Å². The molecule has 0 aliphatic heterocycles. The summed E-state index contributed by atoms with van der Waals surface area (Å²) in [6.45, 7) is 0.339. The van der Waals surface area contributed by atoms with E-state index in [0.29, 0.717) is 24.9 Å². The molecule has 34 heavy (non-hydrogen) atoms. The maximum Gasteiger partial charge on any atom is 0.417 e. The Morgan fingerprint density at radius 3 is 2.41 bits per heavy atom. The van der Waals surface area contributed by atoms with Crippen molar-refractivity contribution < 1.29 is 31.4 Å². The van der Waals surface area contributed by atoms with Gasteiger partial charge in [0.15, 0.2) is 11.5 Å². The van der Waals surface area contributed by atoms with Crippen molar-refractivity contribution in [3.63, 3.8) is 0 Å². The van der Waals surface area contributed by atoms with Crippen LogP contribution in [0.15, 0.2) is 55.0 Å². The predicted octanol–water partition coefficient (Wildman–Crippen LogP) is 5.78. The van der Waals surface area contributed by atoms with Crippen LogP contribution in [0.5, 0.6) is 17.4 Å². The number of aromatic nitrogens is 3. The number of rotatable bonds is 7. The van der Waals surface area contributed by atoms with Crippen LogP contribution in [0.2, 0.25) is 0 Å². The van der Waals surface area contributed by atoms with Crippen molar-refractivity contribution in [2.75, 3.05) is 19.0 Å². The van der Waals surface area contributed by atoms with E-state index in [-0.39, 0.29) is 28.4 Å². The van der Waals surface area contributed by atoms with Gasteiger partial charge in [-0.1, -0.05) is 6.07 Å². The predicted molar refractivity (Wildman–Crippen MR) is 114 cm³/mol. The molecular formula is C23H17F5N4O2. The zero-order chi connectivity index (χ0) is 24.3. The number of fused-ring (bicyclic) bond motifs is 1. The van der Waals surface area contributed by atoms with Crippen molar-refractivity contribution in [1.29, 1.82) is 0 Å². The van der Waals surface area contributed by atoms with Gasteiger partial charge >= 0.3 is 6.18 Å². The summed E-state index contributed by atoms with van der Waals surface area (Å²) in [5.41, 5.74) is -0.173. The molecule has 0 fully saturated rings. The zero-order valence-corrected chi connectivity index (χ0v) is 17.7. The Hall–Kier alpha value is -4.02. The van der Waals surface area contributed by atoms with Gasteiger partial charge in [-0.25, -0.2) is 23.7 Å². The summed E-state index contributed by atoms with van der Waals surface area (Å²) in [5.74, 6) is -0.525. The molecule has 0 aliphatic rings. The molecule has 0 atom stereocenters. The second kappa shape index (κ2) is 9.46. The lowest BCUT2D eigenvalue weighted by Gasteiger charge is -2.13. The standard InChI is InChI=1S/C23H17F5N4O2/c1-33-18-10-13(2-6-17(18)34-19-7-3-14(11-30-19)23(26,27)28)8-9-29-22-20-15(24)4-5-16(25)21(20)31-12-32-22/h2-7,10-12H,8-9H2,1H3,(H,29,31,32). The van der Waals surface area contributed by atoms with Crippen LogP contribution >= 0.6 is 0 Å². The minimum Gasteiger partial charge on any atom is -0.493 e. The van der Waals surface area contributed by atoms with E-state index in [1.54, 1.807) is 18.2 Å². The average Bonchev–Trinajstić information content (AvgIpc) is 2.82. The van der Waals surface area contributed by atoms with Gasteiger partial charge in [0.05, 0.1) is 18.1 Å². The molecule has 0 aliphatic carbocycles. The van der Waals surface area contributed by atoms with Gasteiger partial charge in [0, 0.05) is 18.8 Å². The lowest BCUT2D eigenvalue weighted by atomic mass is 10.1. The molecular weight excluding hydrogens is 459 g/mol. The van der Waals surface area contributed by atoms with E-state index in [0.717, 1.165) is 36.2 Å². The number of nitrogens with one attached hydrogen (secondary N) is 1. The Bertz CT molecular complexity index is 1310. The van der Waals surface area contributed by atoms with Crippen LogP contribution in [-0.2, 0) is 12.6 Å². The molecule has 11 heteroatoms. The zero-order valence-electron chi connectivity index (χ0n) is 17.7. The maximum absolute atomic E-state index is 14.2. The Kier molecular flexibility index (Phi) is 6.44. The molecule has 176 valence electrons. The molecule has 1 N–H and O–H groups in total. The molecule has 0 spiro atoms. The fourth-order valence-electron chi connectivity index (χ4n) is 3.23. The number of nitrogens with zero attached hydrogens (tertiary/aromatic N) is 3. The third-order valence-electron chi connectivity index (χ3n) is 4.90. The first-order chi connectivity index (χ1) is 16.3. The first kappa shape index (κ1) is 23.1. The van der Waals surface area contributed by atoms with E-state index in [2.05, 4.69) is 20.3 Å². The number of hydrogen-bond acceptors (Lipinski definition) is 6. The Morgan fingerprint density at radius 1 is 0.912 bits per heavy atom. The molecule has 2 aromatic heterocycles. The number of methoxy groups -OCH3 is 1. The van der Waals surface area contributed by atoms with Gasteiger partial charge in [-0.3, -0.25) is 0 Å². The number of pyridine rings is 1. The van der Waals surface area contributed by atoms with Crippen LogP contribution in [0.1, 0.15) is 11.1 Å². The number of halogens is 5. The molecule has 2 aromatic carbocycles. The van der Waals surface area contributed by atoms with E-state index in [1.165, 1.54) is 7.11 Å². The smallest absolute Gasteiger partial charge is 0.417 e. The van der Waals surface area contributed by atoms with Gasteiger partial charge in [0.2, 0.25) is 5.88 Å². The molecule has 0 radical (unpaired) electrons. The summed E-state index contributed by atoms with van der Waals surface area (Å²) >= 11 is 0. The van der Waals surface area contributed by atoms with Gasteiger partial charge in [-0.05, 0) is 42.3 Å². The molecule has 0 bridgehead atoms. The van der Waals surface area contributed by atoms with E-state index >= 15 is 0 Å². The summed E-state index contributed by atoms with van der Waals surface area (Å²) in [6.07, 6.45) is -2.18. The first-order valence-electron chi connectivity index (χ1n) is 9.97. The summed E-state index contributed by atoms with van der Waals surface area (Å²) < 4.78 is 77.1. The molecule has 2 heterocycles. The first-order valence-corrected chi connectivity index (χ1v) is 9.97. The van der Waals surface area contributed by atoms with E-state index in [9.17, 15) is 22.0 Å². The largest absolute Gasteiger partial charge is 0.493 e. The maximum atomic E-state index is 14.2. The van der Waals surface area contributed by atoms with Crippen molar-refractivity contribution in [3.05, 3.63) is 77.8 Å². The average molecular weight is 476 g/mol. The lowest BCUT2D eigenvalue weighted by molar-refractivity contribution is -0.137. The van der Waals surface area contributed by atoms with Gasteiger partial charge in [-0.2, -0.15) is 13.2 Å². The van der Waals surface area contributed by atoms with Crippen LogP contribution in [0.3, 0.4) is 0 Å². The van der Waals surface area contributed by atoms with E-state index in [1.807, 2.05) is 0 Å². The Balaban J connectivity index is 1.44. The number of hydrogen-bond donors (Lipinski definition) is 1. The minimum atomic E-state index is -4.49. The highest BCUT2D eigenvalue weighted by Crippen LogP contribution is 2.34. The van der Waals surface area contributed by atoms with Crippen LogP contribution in [0.4, 0.5) is 27.8 Å². The lowest BCUT2D eigenvalue weighted by Crippen LogP contribution is -2.08. The topological polar surface area (TPSA) is 69.2 Å². The Morgan fingerprint density at radius 2 is 1.71 bits per heavy atom. The van der Waals surface area contributed by atoms with E-state index < -0.39 is 23.4 Å². The minimum absolute atomic E-state index is 0.0226. The molecule has 6 nitrogen and oxygen atoms in total. The number of ether oxygens (including phenoxy) is 2. The van der Waals surface area contributed by atoms with Crippen molar-refractivity contribution in [2.45, 2.75) is 12.6 Å². The molecule has 4 rings (SSSR count). The normalized spacial score (nSPS) is 11.5. The van der Waals surface area contributed by atoms with Crippen LogP contribution in [0.25, 0.3) is 10.9 Å². The second-order valence-corrected chi connectivity index (χ2v) is 7.12. The fourth-order valence-corrected chi connectivity index (χ4v) is 3.23. The quantitative estimate of drug-likeness (QED) is 0.341. The second-order valence-electron chi connectivity index (χ2n) is 7.12. The SMILES string of the molecule is COc1cc(CCNc2ncnc3c(F)ccc(F)c23)ccc1Oc1ccc(C(F)(F)F)cn1. The van der Waals surface area contributed by atoms with Gasteiger partial charge in [-0.15, -0.1) is 0 Å². The highest BCUT2D eigenvalue weighted by atomic mass is 19.4. The highest BCUT2D eigenvalue weighted by Gasteiger charge is 2.30. The molecule has 0 amide bonds. The van der Waals surface area contributed by atoms with Crippen molar-refractivity contribution in [3.8, 4) is 17.4 Å². The summed E-state index contributed by atoms with van der Waals surface area (Å²) in [7, 11) is 1.43. The third-order valence-corrected chi connectivity index (χ3v) is 4.90.